The normalized spacial score (nSPS) is 22.3. The first kappa shape index (κ1) is 17.2. The Kier molecular flexibility index (Phi) is 5.22. The van der Waals surface area contributed by atoms with Gasteiger partial charge < -0.3 is 14.5 Å². The second kappa shape index (κ2) is 7.58. The Bertz CT molecular complexity index is 658. The van der Waals surface area contributed by atoms with Gasteiger partial charge in [-0.2, -0.15) is 0 Å². The molecule has 0 aromatic carbocycles. The highest BCUT2D eigenvalue weighted by molar-refractivity contribution is 7.13. The lowest BCUT2D eigenvalue weighted by Crippen LogP contribution is -2.61. The van der Waals surface area contributed by atoms with Crippen LogP contribution in [0.1, 0.15) is 38.3 Å². The van der Waals surface area contributed by atoms with E-state index in [1.54, 1.807) is 17.6 Å². The molecule has 2 fully saturated rings. The molecule has 4 rings (SSSR count). The van der Waals surface area contributed by atoms with Gasteiger partial charge in [-0.3, -0.25) is 4.90 Å². The fourth-order valence-corrected chi connectivity index (χ4v) is 5.02. The molecule has 0 bridgehead atoms. The molecule has 136 valence electrons. The van der Waals surface area contributed by atoms with Gasteiger partial charge in [-0.15, -0.1) is 11.3 Å². The van der Waals surface area contributed by atoms with Crippen LogP contribution in [0.3, 0.4) is 0 Å². The summed E-state index contributed by atoms with van der Waals surface area (Å²) in [6.45, 7) is 6.92. The molecule has 5 nitrogen and oxygen atoms in total. The Morgan fingerprint density at radius 2 is 2.12 bits per heavy atom. The van der Waals surface area contributed by atoms with E-state index < -0.39 is 0 Å². The van der Waals surface area contributed by atoms with Crippen molar-refractivity contribution in [2.24, 2.45) is 0 Å². The van der Waals surface area contributed by atoms with Gasteiger partial charge >= 0.3 is 0 Å². The molecule has 2 aromatic rings. The lowest BCUT2D eigenvalue weighted by Gasteiger charge is -2.47. The van der Waals surface area contributed by atoms with Crippen molar-refractivity contribution < 1.29 is 9.15 Å². The molecule has 1 N–H and O–H groups in total. The van der Waals surface area contributed by atoms with E-state index >= 15 is 0 Å². The molecule has 1 saturated carbocycles. The Hall–Kier alpha value is -1.21. The zero-order valence-electron chi connectivity index (χ0n) is 14.9. The van der Waals surface area contributed by atoms with Crippen LogP contribution in [-0.4, -0.2) is 47.8 Å². The Morgan fingerprint density at radius 3 is 2.84 bits per heavy atom. The van der Waals surface area contributed by atoms with Crippen molar-refractivity contribution in [3.8, 4) is 10.8 Å². The maximum Gasteiger partial charge on any atom is 0.236 e. The van der Waals surface area contributed by atoms with Crippen molar-refractivity contribution in [2.45, 2.75) is 50.7 Å². The van der Waals surface area contributed by atoms with E-state index in [-0.39, 0.29) is 5.54 Å². The zero-order valence-corrected chi connectivity index (χ0v) is 15.7. The molecule has 2 aromatic heterocycles. The number of ether oxygens (including phenoxy) is 1. The number of hydrogen-bond acceptors (Lipinski definition) is 6. The van der Waals surface area contributed by atoms with Gasteiger partial charge in [0, 0.05) is 31.2 Å². The van der Waals surface area contributed by atoms with Gasteiger partial charge in [0.15, 0.2) is 0 Å². The summed E-state index contributed by atoms with van der Waals surface area (Å²) >= 11 is 1.66. The molecule has 1 unspecified atom stereocenters. The third-order valence-corrected chi connectivity index (χ3v) is 6.65. The second-order valence-electron chi connectivity index (χ2n) is 7.13. The molecule has 0 amide bonds. The van der Waals surface area contributed by atoms with Crippen molar-refractivity contribution in [2.75, 3.05) is 26.3 Å². The third-order valence-electron chi connectivity index (χ3n) is 5.79. The summed E-state index contributed by atoms with van der Waals surface area (Å²) in [6.07, 6.45) is 7.00. The highest BCUT2D eigenvalue weighted by Gasteiger charge is 2.44. The van der Waals surface area contributed by atoms with Crippen LogP contribution in [0.2, 0.25) is 0 Å². The van der Waals surface area contributed by atoms with E-state index in [9.17, 15) is 0 Å². The summed E-state index contributed by atoms with van der Waals surface area (Å²) in [5.74, 6) is 0.725. The lowest BCUT2D eigenvalue weighted by atomic mass is 9.86. The number of rotatable bonds is 6. The van der Waals surface area contributed by atoms with Gasteiger partial charge in [-0.05, 0) is 31.2 Å². The van der Waals surface area contributed by atoms with Gasteiger partial charge in [-0.1, -0.05) is 18.9 Å². The molecule has 1 aliphatic heterocycles. The van der Waals surface area contributed by atoms with E-state index in [4.69, 9.17) is 9.15 Å². The van der Waals surface area contributed by atoms with Crippen LogP contribution in [0.25, 0.3) is 10.8 Å². The van der Waals surface area contributed by atoms with Gasteiger partial charge in [0.1, 0.15) is 6.26 Å². The number of nitrogens with zero attached hydrogens (tertiary/aromatic N) is 2. The van der Waals surface area contributed by atoms with Crippen molar-refractivity contribution >= 4 is 11.3 Å². The standard InChI is InChI=1S/C19H27N3O2S/c1-15(19(6-2-3-7-19)22-8-10-23-11-9-22)20-13-16-14-24-18(21-16)17-5-4-12-25-17/h4-5,12,14-15,20H,2-3,6-11,13H2,1H3. The van der Waals surface area contributed by atoms with Crippen molar-refractivity contribution in [3.63, 3.8) is 0 Å². The van der Waals surface area contributed by atoms with E-state index in [0.29, 0.717) is 6.04 Å². The first-order valence-electron chi connectivity index (χ1n) is 9.32. The average molecular weight is 362 g/mol. The minimum atomic E-state index is 0.268. The van der Waals surface area contributed by atoms with Crippen molar-refractivity contribution in [1.82, 2.24) is 15.2 Å². The molecular formula is C19H27N3O2S. The molecule has 6 heteroatoms. The van der Waals surface area contributed by atoms with Gasteiger partial charge in [-0.25, -0.2) is 4.98 Å². The van der Waals surface area contributed by atoms with Crippen LogP contribution in [-0.2, 0) is 11.3 Å². The number of thiophene rings is 1. The lowest BCUT2D eigenvalue weighted by molar-refractivity contribution is -0.0335. The van der Waals surface area contributed by atoms with E-state index in [1.807, 2.05) is 17.5 Å². The summed E-state index contributed by atoms with van der Waals surface area (Å²) in [5, 5.41) is 5.78. The predicted molar refractivity (Wildman–Crippen MR) is 99.7 cm³/mol. The van der Waals surface area contributed by atoms with E-state index in [0.717, 1.165) is 49.3 Å². The average Bonchev–Trinajstić information content (AvgIpc) is 3.42. The second-order valence-corrected chi connectivity index (χ2v) is 8.08. The van der Waals surface area contributed by atoms with E-state index in [2.05, 4.69) is 22.1 Å². The highest BCUT2D eigenvalue weighted by atomic mass is 32.1. The predicted octanol–water partition coefficient (Wildman–Crippen LogP) is 3.53. The van der Waals surface area contributed by atoms with Crippen molar-refractivity contribution in [3.05, 3.63) is 29.5 Å². The first-order valence-corrected chi connectivity index (χ1v) is 10.2. The Labute approximate surface area is 153 Å². The molecule has 3 heterocycles. The molecule has 1 atom stereocenters. The zero-order chi connectivity index (χ0) is 17.1. The summed E-state index contributed by atoms with van der Waals surface area (Å²) < 4.78 is 11.2. The smallest absolute Gasteiger partial charge is 0.236 e. The van der Waals surface area contributed by atoms with Gasteiger partial charge in [0.25, 0.3) is 0 Å². The molecule has 2 aliphatic rings. The van der Waals surface area contributed by atoms with Crippen LogP contribution < -0.4 is 5.32 Å². The fourth-order valence-electron chi connectivity index (χ4n) is 4.37. The summed E-state index contributed by atoms with van der Waals surface area (Å²) in [4.78, 5) is 8.39. The van der Waals surface area contributed by atoms with Crippen LogP contribution in [0.15, 0.2) is 28.2 Å². The maximum atomic E-state index is 5.64. The first-order chi connectivity index (χ1) is 12.3. The van der Waals surface area contributed by atoms with Crippen molar-refractivity contribution in [1.29, 1.82) is 0 Å². The van der Waals surface area contributed by atoms with Crippen LogP contribution in [0.5, 0.6) is 0 Å². The molecule has 1 aliphatic carbocycles. The largest absolute Gasteiger partial charge is 0.444 e. The van der Waals surface area contributed by atoms with Crippen LogP contribution >= 0.6 is 11.3 Å². The number of morpholine rings is 1. The molecule has 1 saturated heterocycles. The molecule has 0 radical (unpaired) electrons. The number of nitrogens with one attached hydrogen (secondary N) is 1. The quantitative estimate of drug-likeness (QED) is 0.853. The fraction of sp³-hybridized carbons (Fsp3) is 0.632. The maximum absolute atomic E-state index is 5.64. The summed E-state index contributed by atoms with van der Waals surface area (Å²) in [7, 11) is 0. The van der Waals surface area contributed by atoms with Crippen LogP contribution in [0, 0.1) is 0 Å². The Balaban J connectivity index is 1.41. The van der Waals surface area contributed by atoms with Gasteiger partial charge in [0.05, 0.1) is 23.8 Å². The minimum absolute atomic E-state index is 0.268. The number of hydrogen-bond donors (Lipinski definition) is 1. The van der Waals surface area contributed by atoms with E-state index in [1.165, 1.54) is 25.7 Å². The monoisotopic (exact) mass is 361 g/mol. The summed E-state index contributed by atoms with van der Waals surface area (Å²) in [5.41, 5.74) is 1.25. The third kappa shape index (κ3) is 3.53. The van der Waals surface area contributed by atoms with Crippen LogP contribution in [0.4, 0.5) is 0 Å². The molecule has 25 heavy (non-hydrogen) atoms. The minimum Gasteiger partial charge on any atom is -0.444 e. The van der Waals surface area contributed by atoms with Gasteiger partial charge in [0.2, 0.25) is 5.89 Å². The topological polar surface area (TPSA) is 50.5 Å². The molecule has 0 spiro atoms. The summed E-state index contributed by atoms with van der Waals surface area (Å²) in [6, 6.07) is 4.49. The Morgan fingerprint density at radius 1 is 1.32 bits per heavy atom. The number of aromatic nitrogens is 1. The number of oxazole rings is 1. The molecular weight excluding hydrogens is 334 g/mol. The highest BCUT2D eigenvalue weighted by Crippen LogP contribution is 2.38. The SMILES string of the molecule is CC(NCc1coc(-c2cccs2)n1)C1(N2CCOCC2)CCCC1.